The molecule has 1 atom stereocenters. The van der Waals surface area contributed by atoms with E-state index in [0.29, 0.717) is 6.04 Å². The van der Waals surface area contributed by atoms with E-state index < -0.39 is 0 Å². The fourth-order valence-corrected chi connectivity index (χ4v) is 3.14. The molecule has 0 saturated heterocycles. The Bertz CT molecular complexity index is 485. The first kappa shape index (κ1) is 15.3. The highest BCUT2D eigenvalue weighted by Crippen LogP contribution is 2.23. The standard InChI is InChI=1S/C19H29N/c1-14-12-16(3)19(13-15(14)2)17(4)20-11-10-18-8-6-5-7-9-18/h8,12-13,17,20H,5-7,9-11H2,1-4H3. The van der Waals surface area contributed by atoms with Crippen LogP contribution in [-0.2, 0) is 0 Å². The van der Waals surface area contributed by atoms with E-state index in [4.69, 9.17) is 0 Å². The third kappa shape index (κ3) is 3.96. The summed E-state index contributed by atoms with van der Waals surface area (Å²) < 4.78 is 0. The van der Waals surface area contributed by atoms with Crippen molar-refractivity contribution in [1.29, 1.82) is 0 Å². The average Bonchev–Trinajstić information content (AvgIpc) is 2.44. The normalized spacial score (nSPS) is 16.9. The van der Waals surface area contributed by atoms with Crippen molar-refractivity contribution in [1.82, 2.24) is 5.32 Å². The first-order valence-electron chi connectivity index (χ1n) is 8.07. The Morgan fingerprint density at radius 1 is 1.05 bits per heavy atom. The maximum atomic E-state index is 3.69. The molecule has 1 aromatic rings. The van der Waals surface area contributed by atoms with Crippen LogP contribution in [0.5, 0.6) is 0 Å². The molecule has 20 heavy (non-hydrogen) atoms. The van der Waals surface area contributed by atoms with E-state index in [1.807, 2.05) is 0 Å². The number of hydrogen-bond acceptors (Lipinski definition) is 1. The SMILES string of the molecule is Cc1cc(C)c(C(C)NCCC2=CCCCC2)cc1C. The van der Waals surface area contributed by atoms with Crippen molar-refractivity contribution in [2.75, 3.05) is 6.54 Å². The van der Waals surface area contributed by atoms with Gasteiger partial charge in [0.2, 0.25) is 0 Å². The second-order valence-corrected chi connectivity index (χ2v) is 6.33. The Balaban J connectivity index is 1.90. The summed E-state index contributed by atoms with van der Waals surface area (Å²) in [6.07, 6.45) is 9.05. The predicted octanol–water partition coefficient (Wildman–Crippen LogP) is 5.15. The Morgan fingerprint density at radius 2 is 1.80 bits per heavy atom. The van der Waals surface area contributed by atoms with Crippen molar-refractivity contribution in [3.8, 4) is 0 Å². The summed E-state index contributed by atoms with van der Waals surface area (Å²) in [4.78, 5) is 0. The third-order valence-electron chi connectivity index (χ3n) is 4.63. The summed E-state index contributed by atoms with van der Waals surface area (Å²) in [5.41, 5.74) is 7.31. The number of rotatable bonds is 5. The number of nitrogens with one attached hydrogen (secondary N) is 1. The smallest absolute Gasteiger partial charge is 0.0294 e. The van der Waals surface area contributed by atoms with Gasteiger partial charge in [0.25, 0.3) is 0 Å². The summed E-state index contributed by atoms with van der Waals surface area (Å²) in [6, 6.07) is 5.10. The van der Waals surface area contributed by atoms with Crippen molar-refractivity contribution >= 4 is 0 Å². The van der Waals surface area contributed by atoms with Crippen molar-refractivity contribution in [3.05, 3.63) is 46.0 Å². The molecule has 0 spiro atoms. The van der Waals surface area contributed by atoms with Gasteiger partial charge in [0.15, 0.2) is 0 Å². The molecule has 2 rings (SSSR count). The van der Waals surface area contributed by atoms with Gasteiger partial charge in [0.05, 0.1) is 0 Å². The van der Waals surface area contributed by atoms with E-state index in [-0.39, 0.29) is 0 Å². The fourth-order valence-electron chi connectivity index (χ4n) is 3.14. The topological polar surface area (TPSA) is 12.0 Å². The number of allylic oxidation sites excluding steroid dienone is 1. The van der Waals surface area contributed by atoms with E-state index >= 15 is 0 Å². The van der Waals surface area contributed by atoms with E-state index in [0.717, 1.165) is 6.54 Å². The number of benzene rings is 1. The Labute approximate surface area is 124 Å². The number of hydrogen-bond donors (Lipinski definition) is 1. The Hall–Kier alpha value is -1.08. The molecule has 0 aromatic heterocycles. The van der Waals surface area contributed by atoms with Gasteiger partial charge in [-0.05, 0) is 88.6 Å². The van der Waals surface area contributed by atoms with Crippen LogP contribution in [0.25, 0.3) is 0 Å². The predicted molar refractivity (Wildman–Crippen MR) is 88.2 cm³/mol. The summed E-state index contributed by atoms with van der Waals surface area (Å²) >= 11 is 0. The van der Waals surface area contributed by atoms with Crippen molar-refractivity contribution in [2.24, 2.45) is 0 Å². The van der Waals surface area contributed by atoms with Crippen LogP contribution in [0.3, 0.4) is 0 Å². The fraction of sp³-hybridized carbons (Fsp3) is 0.579. The minimum absolute atomic E-state index is 0.443. The molecule has 0 radical (unpaired) electrons. The van der Waals surface area contributed by atoms with E-state index in [1.54, 1.807) is 5.57 Å². The van der Waals surface area contributed by atoms with Gasteiger partial charge in [-0.3, -0.25) is 0 Å². The van der Waals surface area contributed by atoms with Crippen LogP contribution < -0.4 is 5.32 Å². The minimum atomic E-state index is 0.443. The zero-order chi connectivity index (χ0) is 14.5. The lowest BCUT2D eigenvalue weighted by Crippen LogP contribution is -2.21. The Morgan fingerprint density at radius 3 is 2.50 bits per heavy atom. The van der Waals surface area contributed by atoms with Crippen LogP contribution in [0, 0.1) is 20.8 Å². The Kier molecular flexibility index (Phi) is 5.42. The zero-order valence-corrected chi connectivity index (χ0v) is 13.6. The molecule has 110 valence electrons. The molecule has 1 aliphatic rings. The van der Waals surface area contributed by atoms with Crippen molar-refractivity contribution in [3.63, 3.8) is 0 Å². The van der Waals surface area contributed by atoms with Crippen molar-refractivity contribution in [2.45, 2.75) is 65.8 Å². The van der Waals surface area contributed by atoms with Gasteiger partial charge >= 0.3 is 0 Å². The zero-order valence-electron chi connectivity index (χ0n) is 13.6. The molecular weight excluding hydrogens is 242 g/mol. The summed E-state index contributed by atoms with van der Waals surface area (Å²) in [5.74, 6) is 0. The van der Waals surface area contributed by atoms with Gasteiger partial charge in [0, 0.05) is 6.04 Å². The van der Waals surface area contributed by atoms with Gasteiger partial charge in [-0.15, -0.1) is 0 Å². The van der Waals surface area contributed by atoms with Gasteiger partial charge in [-0.1, -0.05) is 23.8 Å². The minimum Gasteiger partial charge on any atom is -0.310 e. The lowest BCUT2D eigenvalue weighted by molar-refractivity contribution is 0.560. The molecule has 1 N–H and O–H groups in total. The summed E-state index contributed by atoms with van der Waals surface area (Å²) in [6.45, 7) is 10.0. The molecule has 0 fully saturated rings. The molecule has 0 bridgehead atoms. The highest BCUT2D eigenvalue weighted by atomic mass is 14.9. The number of aryl methyl sites for hydroxylation is 3. The molecule has 1 unspecified atom stereocenters. The lowest BCUT2D eigenvalue weighted by atomic mass is 9.95. The highest BCUT2D eigenvalue weighted by molar-refractivity contribution is 5.38. The molecule has 0 saturated carbocycles. The molecule has 0 aliphatic heterocycles. The summed E-state index contributed by atoms with van der Waals surface area (Å²) in [7, 11) is 0. The van der Waals surface area contributed by atoms with Crippen molar-refractivity contribution < 1.29 is 0 Å². The molecule has 0 amide bonds. The third-order valence-corrected chi connectivity index (χ3v) is 4.63. The maximum Gasteiger partial charge on any atom is 0.0294 e. The monoisotopic (exact) mass is 271 g/mol. The molecule has 1 aliphatic carbocycles. The van der Waals surface area contributed by atoms with Crippen LogP contribution in [0.1, 0.15) is 67.3 Å². The quantitative estimate of drug-likeness (QED) is 0.730. The van der Waals surface area contributed by atoms with E-state index in [2.05, 4.69) is 51.2 Å². The average molecular weight is 271 g/mol. The van der Waals surface area contributed by atoms with Crippen LogP contribution in [0.15, 0.2) is 23.8 Å². The second-order valence-electron chi connectivity index (χ2n) is 6.33. The molecule has 1 heteroatoms. The first-order valence-corrected chi connectivity index (χ1v) is 8.07. The molecule has 1 aromatic carbocycles. The molecule has 1 nitrogen and oxygen atoms in total. The van der Waals surface area contributed by atoms with Gasteiger partial charge < -0.3 is 5.32 Å². The molecular formula is C19H29N. The van der Waals surface area contributed by atoms with E-state index in [9.17, 15) is 0 Å². The lowest BCUT2D eigenvalue weighted by Gasteiger charge is -2.19. The van der Waals surface area contributed by atoms with Crippen LogP contribution in [0.4, 0.5) is 0 Å². The van der Waals surface area contributed by atoms with Gasteiger partial charge in [-0.2, -0.15) is 0 Å². The van der Waals surface area contributed by atoms with E-state index in [1.165, 1.54) is 54.4 Å². The largest absolute Gasteiger partial charge is 0.310 e. The molecule has 0 heterocycles. The highest BCUT2D eigenvalue weighted by Gasteiger charge is 2.10. The van der Waals surface area contributed by atoms with Crippen LogP contribution in [0.2, 0.25) is 0 Å². The van der Waals surface area contributed by atoms with Gasteiger partial charge in [-0.25, -0.2) is 0 Å². The first-order chi connectivity index (χ1) is 9.58. The maximum absolute atomic E-state index is 3.69. The van der Waals surface area contributed by atoms with Gasteiger partial charge in [0.1, 0.15) is 0 Å². The van der Waals surface area contributed by atoms with Crippen LogP contribution >= 0.6 is 0 Å². The second kappa shape index (κ2) is 7.08. The summed E-state index contributed by atoms with van der Waals surface area (Å²) in [5, 5.41) is 3.69. The van der Waals surface area contributed by atoms with Crippen LogP contribution in [-0.4, -0.2) is 6.54 Å².